The second kappa shape index (κ2) is 7.31. The van der Waals surface area contributed by atoms with E-state index in [1.165, 1.54) is 15.4 Å². The number of Topliss-reactive ketones (excluding diaryl/α,β-unsaturated/α-hetero) is 1. The van der Waals surface area contributed by atoms with Crippen molar-refractivity contribution in [1.82, 2.24) is 0 Å². The van der Waals surface area contributed by atoms with Crippen molar-refractivity contribution in [2.45, 2.75) is 27.6 Å². The van der Waals surface area contributed by atoms with Crippen LogP contribution in [-0.4, -0.2) is 50.6 Å². The molecule has 2 aromatic rings. The molecule has 0 aromatic heterocycles. The number of carbonyl (C=O) groups is 1. The summed E-state index contributed by atoms with van der Waals surface area (Å²) in [6.07, 6.45) is 8.20. The topological polar surface area (TPSA) is 32.8 Å². The van der Waals surface area contributed by atoms with Crippen LogP contribution in [0.25, 0.3) is 0 Å². The third kappa shape index (κ3) is 2.73. The highest BCUT2D eigenvalue weighted by Gasteiger charge is 2.65. The molecule has 0 saturated carbocycles. The molecule has 2 aromatic carbocycles. The Morgan fingerprint density at radius 1 is 0.906 bits per heavy atom. The molecule has 0 amide bonds. The van der Waals surface area contributed by atoms with Gasteiger partial charge in [0.05, 0.1) is 16.6 Å². The molecule has 5 rings (SSSR count). The average molecular weight is 447 g/mol. The van der Waals surface area contributed by atoms with E-state index in [1.807, 2.05) is 0 Å². The molecule has 0 bridgehead atoms. The predicted octanol–water partition coefficient (Wildman–Crippen LogP) is 5.16. The van der Waals surface area contributed by atoms with Crippen LogP contribution in [0, 0.1) is 0 Å². The standard InChI is InChI=1S/C27H30N2O2S/c1-19-14-15-27-24(17-31-26(27)16-19)25(30)18-32(27,22-10-6-20(7-11-22)28(2)3)23-12-8-21(9-13-23)29(4)5/h6-17,26H,18H2,1-5H3. The molecule has 5 heteroatoms. The van der Waals surface area contributed by atoms with Crippen LogP contribution in [-0.2, 0) is 9.53 Å². The van der Waals surface area contributed by atoms with E-state index in [4.69, 9.17) is 4.74 Å². The van der Waals surface area contributed by atoms with Gasteiger partial charge in [-0.1, -0.05) is 17.7 Å². The molecule has 1 saturated heterocycles. The van der Waals surface area contributed by atoms with Crippen LogP contribution >= 0.6 is 10.0 Å². The first-order chi connectivity index (χ1) is 15.3. The van der Waals surface area contributed by atoms with Crippen molar-refractivity contribution in [3.05, 3.63) is 84.2 Å². The van der Waals surface area contributed by atoms with Gasteiger partial charge in [-0.25, -0.2) is 0 Å². The number of benzene rings is 2. The molecule has 2 atom stereocenters. The Bertz CT molecular complexity index is 1110. The van der Waals surface area contributed by atoms with Crippen molar-refractivity contribution in [2.75, 3.05) is 43.7 Å². The van der Waals surface area contributed by atoms with Crippen LogP contribution in [0.15, 0.2) is 94.0 Å². The number of allylic oxidation sites excluding steroid dienone is 2. The first-order valence-electron chi connectivity index (χ1n) is 10.9. The van der Waals surface area contributed by atoms with E-state index >= 15 is 0 Å². The molecule has 32 heavy (non-hydrogen) atoms. The van der Waals surface area contributed by atoms with Gasteiger partial charge in [-0.2, -0.15) is 10.0 Å². The molecule has 3 aliphatic rings. The second-order valence-electron chi connectivity index (χ2n) is 9.21. The van der Waals surface area contributed by atoms with Gasteiger partial charge in [0.2, 0.25) is 0 Å². The van der Waals surface area contributed by atoms with E-state index in [0.29, 0.717) is 5.75 Å². The van der Waals surface area contributed by atoms with Crippen LogP contribution in [0.3, 0.4) is 0 Å². The van der Waals surface area contributed by atoms with E-state index in [-0.39, 0.29) is 11.9 Å². The molecule has 2 aliphatic heterocycles. The molecule has 1 aliphatic carbocycles. The van der Waals surface area contributed by atoms with Gasteiger partial charge in [0, 0.05) is 45.3 Å². The van der Waals surface area contributed by atoms with Crippen LogP contribution in [0.5, 0.6) is 0 Å². The van der Waals surface area contributed by atoms with Gasteiger partial charge in [0.1, 0.15) is 6.10 Å². The Kier molecular flexibility index (Phi) is 4.79. The van der Waals surface area contributed by atoms with E-state index in [2.05, 4.69) is 112 Å². The maximum absolute atomic E-state index is 13.5. The van der Waals surface area contributed by atoms with Gasteiger partial charge in [-0.3, -0.25) is 4.79 Å². The molecular formula is C27H30N2O2S. The largest absolute Gasteiger partial charge is 0.491 e. The van der Waals surface area contributed by atoms with Crippen LogP contribution in [0.4, 0.5) is 11.4 Å². The lowest BCUT2D eigenvalue weighted by molar-refractivity contribution is -0.113. The Morgan fingerprint density at radius 2 is 1.44 bits per heavy atom. The lowest BCUT2D eigenvalue weighted by Gasteiger charge is -2.51. The third-order valence-corrected chi connectivity index (χ3v) is 11.5. The van der Waals surface area contributed by atoms with Crippen LogP contribution in [0.2, 0.25) is 0 Å². The highest BCUT2D eigenvalue weighted by molar-refractivity contribution is 8.36. The van der Waals surface area contributed by atoms with E-state index in [9.17, 15) is 4.79 Å². The summed E-state index contributed by atoms with van der Waals surface area (Å²) in [6.45, 7) is 2.09. The fourth-order valence-corrected chi connectivity index (χ4v) is 9.94. The SMILES string of the molecule is CC1=CC2OC=C3C(=O)CS(c4ccc(N(C)C)cc4)(c4ccc(N(C)C)cc4)C32C=C1. The Balaban J connectivity index is 1.78. The number of nitrogens with zero attached hydrogens (tertiary/aromatic N) is 2. The fourth-order valence-electron chi connectivity index (χ4n) is 5.21. The number of carbonyl (C=O) groups excluding carboxylic acids is 1. The lowest BCUT2D eigenvalue weighted by Crippen LogP contribution is -2.42. The summed E-state index contributed by atoms with van der Waals surface area (Å²) in [5.41, 5.74) is 4.30. The Labute approximate surface area is 192 Å². The lowest BCUT2D eigenvalue weighted by atomic mass is 9.87. The van der Waals surface area contributed by atoms with Crippen molar-refractivity contribution in [3.63, 3.8) is 0 Å². The molecule has 2 unspecified atom stereocenters. The summed E-state index contributed by atoms with van der Waals surface area (Å²) >= 11 is 0. The van der Waals surface area contributed by atoms with E-state index in [1.54, 1.807) is 6.26 Å². The zero-order valence-electron chi connectivity index (χ0n) is 19.3. The van der Waals surface area contributed by atoms with E-state index in [0.717, 1.165) is 16.9 Å². The fraction of sp³-hybridized carbons (Fsp3) is 0.296. The smallest absolute Gasteiger partial charge is 0.172 e. The van der Waals surface area contributed by atoms with Crippen molar-refractivity contribution in [2.24, 2.45) is 0 Å². The van der Waals surface area contributed by atoms with Gasteiger partial charge in [-0.05, 0) is 71.3 Å². The summed E-state index contributed by atoms with van der Waals surface area (Å²) in [6, 6.07) is 17.6. The van der Waals surface area contributed by atoms with E-state index < -0.39 is 14.8 Å². The summed E-state index contributed by atoms with van der Waals surface area (Å²) in [5, 5.41) is 0. The monoisotopic (exact) mass is 446 g/mol. The second-order valence-corrected chi connectivity index (χ2v) is 12.6. The third-order valence-electron chi connectivity index (χ3n) is 6.92. The first kappa shape index (κ1) is 21.0. The number of hydrogen-bond donors (Lipinski definition) is 0. The van der Waals surface area contributed by atoms with Gasteiger partial charge < -0.3 is 14.5 Å². The van der Waals surface area contributed by atoms with Crippen molar-refractivity contribution < 1.29 is 9.53 Å². The zero-order chi connectivity index (χ0) is 22.7. The number of hydrogen-bond acceptors (Lipinski definition) is 4. The average Bonchev–Trinajstić information content (AvgIpc) is 3.28. The minimum Gasteiger partial charge on any atom is -0.491 e. The Morgan fingerprint density at radius 3 is 1.94 bits per heavy atom. The normalized spacial score (nSPS) is 25.9. The molecule has 1 fully saturated rings. The highest BCUT2D eigenvalue weighted by Crippen LogP contribution is 2.79. The van der Waals surface area contributed by atoms with Crippen LogP contribution in [0.1, 0.15) is 6.92 Å². The summed E-state index contributed by atoms with van der Waals surface area (Å²) in [5.74, 6) is 0.715. The highest BCUT2D eigenvalue weighted by atomic mass is 32.3. The minimum absolute atomic E-state index is 0.161. The van der Waals surface area contributed by atoms with Gasteiger partial charge in [0.15, 0.2) is 5.78 Å². The van der Waals surface area contributed by atoms with Gasteiger partial charge >= 0.3 is 0 Å². The molecule has 1 spiro atoms. The summed E-state index contributed by atoms with van der Waals surface area (Å²) in [4.78, 5) is 20.2. The number of anilines is 2. The quantitative estimate of drug-likeness (QED) is 0.649. The van der Waals surface area contributed by atoms with Crippen molar-refractivity contribution >= 4 is 27.2 Å². The molecule has 4 nitrogen and oxygen atoms in total. The number of rotatable bonds is 4. The first-order valence-corrected chi connectivity index (χ1v) is 12.7. The van der Waals surface area contributed by atoms with Crippen molar-refractivity contribution in [3.8, 4) is 0 Å². The predicted molar refractivity (Wildman–Crippen MR) is 134 cm³/mol. The summed E-state index contributed by atoms with van der Waals surface area (Å²) < 4.78 is 5.70. The molecule has 2 heterocycles. The van der Waals surface area contributed by atoms with Gasteiger partial charge in [0.25, 0.3) is 0 Å². The van der Waals surface area contributed by atoms with Crippen molar-refractivity contribution in [1.29, 1.82) is 0 Å². The number of ether oxygens (including phenoxy) is 1. The maximum atomic E-state index is 13.5. The molecule has 0 N–H and O–H groups in total. The van der Waals surface area contributed by atoms with Gasteiger partial charge in [-0.15, -0.1) is 0 Å². The molecular weight excluding hydrogens is 416 g/mol. The molecule has 166 valence electrons. The minimum atomic E-state index is -1.79. The Hall–Kier alpha value is -2.92. The van der Waals surface area contributed by atoms with Crippen LogP contribution < -0.4 is 9.80 Å². The maximum Gasteiger partial charge on any atom is 0.172 e. The summed E-state index contributed by atoms with van der Waals surface area (Å²) in [7, 11) is 6.41. The zero-order valence-corrected chi connectivity index (χ0v) is 20.1. The number of ketones is 1. The molecule has 0 radical (unpaired) electrons.